The Morgan fingerprint density at radius 3 is 0.914 bits per heavy atom. The van der Waals surface area contributed by atoms with E-state index >= 15 is 0 Å². The van der Waals surface area contributed by atoms with Gasteiger partial charge in [0, 0.05) is 79.3 Å². The highest BCUT2D eigenvalue weighted by molar-refractivity contribution is 9.10. The van der Waals surface area contributed by atoms with Gasteiger partial charge < -0.3 is 21.3 Å². The smallest absolute Gasteiger partial charge is 0.322 e. The molecule has 8 aromatic heterocycles. The summed E-state index contributed by atoms with van der Waals surface area (Å²) in [7, 11) is 0. The minimum Gasteiger partial charge on any atom is -0.322 e. The van der Waals surface area contributed by atoms with E-state index in [1.807, 2.05) is 66.7 Å². The molecule has 20 aromatic rings. The van der Waals surface area contributed by atoms with Crippen LogP contribution in [0.25, 0.3) is 133 Å². The Balaban J connectivity index is 0.000000120. The number of para-hydroxylation sites is 4. The quantitative estimate of drug-likeness (QED) is 0.0529. The van der Waals surface area contributed by atoms with E-state index in [4.69, 9.17) is 11.6 Å². The zero-order valence-corrected chi connectivity index (χ0v) is 68.3. The van der Waals surface area contributed by atoms with Crippen molar-refractivity contribution in [2.75, 3.05) is 21.3 Å². The van der Waals surface area contributed by atoms with Crippen molar-refractivity contribution < 1.29 is 70.2 Å². The van der Waals surface area contributed by atoms with Gasteiger partial charge in [0.05, 0.1) is 66.4 Å². The summed E-state index contributed by atoms with van der Waals surface area (Å²) in [5.74, 6) is 0.738. The first-order valence-electron chi connectivity index (χ1n) is 37.7. The van der Waals surface area contributed by atoms with Gasteiger partial charge in [-0.3, -0.25) is 20.4 Å². The van der Waals surface area contributed by atoms with Gasteiger partial charge in [-0.15, -0.1) is 0 Å². The molecule has 0 bridgehead atoms. The summed E-state index contributed by atoms with van der Waals surface area (Å²) in [6, 6.07) is 66.7. The van der Waals surface area contributed by atoms with Crippen LogP contribution in [0.3, 0.4) is 0 Å². The minimum atomic E-state index is -4.90. The maximum absolute atomic E-state index is 14.5. The maximum Gasteiger partial charge on any atom is 0.419 e. The van der Waals surface area contributed by atoms with Crippen molar-refractivity contribution in [3.05, 3.63) is 308 Å². The number of nitrogens with zero attached hydrogens (tertiary/aromatic N) is 12. The number of anilines is 8. The number of benzene rings is 12. The highest BCUT2D eigenvalue weighted by atomic mass is 79.9. The van der Waals surface area contributed by atoms with Gasteiger partial charge in [-0.05, 0) is 140 Å². The second kappa shape index (κ2) is 34.3. The third kappa shape index (κ3) is 17.8. The second-order valence-corrected chi connectivity index (χ2v) is 30.3. The van der Waals surface area contributed by atoms with Gasteiger partial charge in [0.2, 0.25) is 0 Å². The van der Waals surface area contributed by atoms with Crippen LogP contribution in [0.4, 0.5) is 117 Å². The average Bonchev–Trinajstić information content (AvgIpc) is 1.69. The summed E-state index contributed by atoms with van der Waals surface area (Å²) < 4.78 is 218. The summed E-state index contributed by atoms with van der Waals surface area (Å²) in [5, 5.41) is 45.3. The monoisotopic (exact) mass is 1900 g/mol. The molecule has 0 aliphatic rings. The number of hydrogen-bond acceptors (Lipinski definition) is 16. The third-order valence-electron chi connectivity index (χ3n) is 19.8. The molecule has 39 heteroatoms. The van der Waals surface area contributed by atoms with Gasteiger partial charge in [0.15, 0.2) is 52.4 Å². The number of halogens is 19. The van der Waals surface area contributed by atoms with E-state index in [1.165, 1.54) is 72.8 Å². The van der Waals surface area contributed by atoms with Gasteiger partial charge in [0.25, 0.3) is 0 Å². The molecule has 0 spiro atoms. The number of hydrogen-bond donors (Lipinski definition) is 8. The van der Waals surface area contributed by atoms with Gasteiger partial charge >= 0.3 is 30.9 Å². The van der Waals surface area contributed by atoms with Gasteiger partial charge in [0.1, 0.15) is 28.8 Å². The van der Waals surface area contributed by atoms with Crippen LogP contribution in [-0.4, -0.2) is 80.7 Å². The lowest BCUT2D eigenvalue weighted by molar-refractivity contribution is -0.140. The fraction of sp³-hybridized carbons (Fsp3) is 0.0562. The molecule has 0 radical (unpaired) electrons. The number of aromatic nitrogens is 16. The molecule has 0 unspecified atom stereocenters. The first-order chi connectivity index (χ1) is 61.2. The predicted molar refractivity (Wildman–Crippen MR) is 463 cm³/mol. The van der Waals surface area contributed by atoms with Crippen LogP contribution in [0.1, 0.15) is 27.8 Å². The first kappa shape index (κ1) is 85.4. The fourth-order valence-corrected chi connectivity index (χ4v) is 14.8. The fourth-order valence-electron chi connectivity index (χ4n) is 13.9. The Labute approximate surface area is 730 Å². The van der Waals surface area contributed by atoms with E-state index in [9.17, 15) is 70.2 Å². The molecule has 0 amide bonds. The van der Waals surface area contributed by atoms with Crippen LogP contribution < -0.4 is 21.3 Å². The Bertz CT molecular complexity index is 7430. The molecule has 20 nitrogen and oxygen atoms in total. The summed E-state index contributed by atoms with van der Waals surface area (Å²) in [5.41, 5.74) is -1.58. The van der Waals surface area contributed by atoms with Crippen LogP contribution in [0, 0.1) is 5.82 Å². The Hall–Kier alpha value is -14.8. The molecular formula is C89H51Br2ClF16N20. The van der Waals surface area contributed by atoms with Gasteiger partial charge in [-0.25, -0.2) is 44.3 Å². The van der Waals surface area contributed by atoms with Crippen molar-refractivity contribution in [3.63, 3.8) is 0 Å². The summed E-state index contributed by atoms with van der Waals surface area (Å²) in [6.07, 6.45) is -23.1. The maximum atomic E-state index is 14.5. The van der Waals surface area contributed by atoms with Gasteiger partial charge in [-0.1, -0.05) is 165 Å². The zero-order chi connectivity index (χ0) is 89.7. The lowest BCUT2D eigenvalue weighted by Crippen LogP contribution is -2.09. The van der Waals surface area contributed by atoms with Crippen molar-refractivity contribution in [2.24, 2.45) is 0 Å². The van der Waals surface area contributed by atoms with Crippen LogP contribution >= 0.6 is 43.5 Å². The molecule has 0 atom stereocenters. The minimum absolute atomic E-state index is 0.00423. The molecule has 0 aliphatic carbocycles. The van der Waals surface area contributed by atoms with Crippen LogP contribution in [0.15, 0.2) is 270 Å². The molecule has 0 saturated carbocycles. The highest BCUT2D eigenvalue weighted by Gasteiger charge is 2.40. The summed E-state index contributed by atoms with van der Waals surface area (Å²) in [6.45, 7) is 0. The molecule has 0 aliphatic heterocycles. The summed E-state index contributed by atoms with van der Waals surface area (Å²) in [4.78, 5) is 35.1. The number of fused-ring (bicyclic) bond motifs is 8. The number of H-pyrrole nitrogens is 4. The number of nitrogens with one attached hydrogen (secondary N) is 8. The lowest BCUT2D eigenvalue weighted by atomic mass is 10.1. The predicted octanol–water partition coefficient (Wildman–Crippen LogP) is 27.1. The summed E-state index contributed by atoms with van der Waals surface area (Å²) >= 11 is 12.9. The molecule has 8 N–H and O–H groups in total. The lowest BCUT2D eigenvalue weighted by Gasteiger charge is -2.14. The van der Waals surface area contributed by atoms with Crippen LogP contribution in [0.2, 0.25) is 5.02 Å². The number of alkyl halides is 15. The molecule has 20 rings (SSSR count). The molecule has 128 heavy (non-hydrogen) atoms. The van der Waals surface area contributed by atoms with E-state index in [0.717, 1.165) is 72.0 Å². The van der Waals surface area contributed by atoms with Crippen LogP contribution in [-0.2, 0) is 30.9 Å². The molecular weight excluding hydrogens is 1850 g/mol. The largest absolute Gasteiger partial charge is 0.419 e. The normalized spacial score (nSPS) is 12.0. The first-order valence-corrected chi connectivity index (χ1v) is 39.7. The zero-order valence-electron chi connectivity index (χ0n) is 64.4. The third-order valence-corrected chi connectivity index (χ3v) is 21.0. The molecule has 0 fully saturated rings. The van der Waals surface area contributed by atoms with E-state index in [-0.39, 0.29) is 62.6 Å². The number of aromatic amines is 4. The van der Waals surface area contributed by atoms with Crippen LogP contribution in [0.5, 0.6) is 0 Å². The van der Waals surface area contributed by atoms with Crippen molar-refractivity contribution in [3.8, 4) is 45.6 Å². The SMILES string of the molecule is FC(F)(F)c1ccccc1-c1nc(Nc2n[nH]c3cc(Br)ccc23)c2ccccc2n1.FC(F)(F)c1ccccc1-c1nc(Nc2n[nH]c3cc(Cl)ccc23)c2ccccc2n1.FC(F)(F)c1ccccc1-c1nc(Nc2n[nH]c3ccc(Br)cc23)c2ccccc2n1.Fc1c(C(F)(F)F)ccc2c(Nc3nc(-c4ccccc4C(F)(F)F)nc4ccccc34)n[nH]c12. The van der Waals surface area contributed by atoms with Crippen molar-refractivity contribution in [1.82, 2.24) is 80.7 Å². The highest BCUT2D eigenvalue weighted by Crippen LogP contribution is 2.45. The Kier molecular flexibility index (Phi) is 22.9. The second-order valence-electron chi connectivity index (χ2n) is 28.0. The van der Waals surface area contributed by atoms with Crippen molar-refractivity contribution >= 4 is 177 Å². The van der Waals surface area contributed by atoms with Crippen molar-refractivity contribution in [1.29, 1.82) is 0 Å². The molecule has 640 valence electrons. The van der Waals surface area contributed by atoms with Gasteiger partial charge in [-0.2, -0.15) is 86.3 Å². The van der Waals surface area contributed by atoms with E-state index < -0.39 is 70.0 Å². The van der Waals surface area contributed by atoms with E-state index in [1.54, 1.807) is 84.9 Å². The average molecular weight is 1900 g/mol. The van der Waals surface area contributed by atoms with E-state index in [0.29, 0.717) is 89.6 Å². The standard InChI is InChI=1S/C23H12F7N5.2C22H13BrF3N5.C22H13ClF3N5/c24-17-15(23(28,29)30)10-9-13-18(17)34-35-21(13)33-20-12-6-2-4-8-16(12)31-19(32-20)11-5-1-3-7-14(11)22(25,26)27;23-12-9-10-18-15(11-12)21(31-30-18)29-20-14-6-2-4-8-17(14)27-19(28-20)13-5-1-3-7-16(13)22(24,25)26;2*23-12-9-10-15-18(11-12)30-31-21(15)29-20-14-6-2-4-8-17(14)27-19(28-20)13-5-1-3-7-16(13)22(24,25)26/h1-10H,(H2,31,32,33,34,35);3*1-11H,(H2,27,28,29,30,31). The molecule has 12 aromatic carbocycles. The van der Waals surface area contributed by atoms with Crippen molar-refractivity contribution in [2.45, 2.75) is 30.9 Å². The molecule has 8 heterocycles. The van der Waals surface area contributed by atoms with E-state index in [2.05, 4.69) is 134 Å². The topological polar surface area (TPSA) is 266 Å². The number of rotatable bonds is 12. The Morgan fingerprint density at radius 1 is 0.250 bits per heavy atom. The Morgan fingerprint density at radius 2 is 0.539 bits per heavy atom. The molecule has 0 saturated heterocycles.